The zero-order valence-corrected chi connectivity index (χ0v) is 27.6. The molecule has 1 N–H and O–H groups in total. The number of carbonyl (C=O) groups excluding carboxylic acids is 2. The Hall–Kier alpha value is -4.90. The number of nitrogens with one attached hydrogen (secondary N) is 1. The summed E-state index contributed by atoms with van der Waals surface area (Å²) in [6.45, 7) is 1.67. The zero-order valence-electron chi connectivity index (χ0n) is 26.8. The quantitative estimate of drug-likeness (QED) is 0.157. The minimum absolute atomic E-state index is 0.0408. The Balaban J connectivity index is 1.84. The standard InChI is InChI=1S/C36H40FN3O6S/c1-4-5-22-38-36(42)33(23-27-12-8-6-9-13-27)39(25-28-16-18-29(37)19-17-28)35(41)26-40(47(43,44)31-14-10-7-11-15-31)32-24-30(45-2)20-21-34(32)46-3/h6-21,24,33H,4-5,22-23,25-26H2,1-3H3,(H,38,42)/t33-/m1/s1. The van der Waals surface area contributed by atoms with Gasteiger partial charge in [-0.15, -0.1) is 0 Å². The Kier molecular flexibility index (Phi) is 12.3. The summed E-state index contributed by atoms with van der Waals surface area (Å²) in [5, 5.41) is 2.95. The molecule has 9 nitrogen and oxygen atoms in total. The van der Waals surface area contributed by atoms with Crippen molar-refractivity contribution in [2.45, 2.75) is 43.7 Å². The van der Waals surface area contributed by atoms with Crippen molar-refractivity contribution in [2.24, 2.45) is 0 Å². The summed E-state index contributed by atoms with van der Waals surface area (Å²) in [7, 11) is -1.49. The molecule has 0 unspecified atom stereocenters. The van der Waals surface area contributed by atoms with Crippen molar-refractivity contribution in [2.75, 3.05) is 31.6 Å². The molecule has 0 saturated heterocycles. The van der Waals surface area contributed by atoms with Crippen molar-refractivity contribution in [1.29, 1.82) is 0 Å². The van der Waals surface area contributed by atoms with Crippen LogP contribution < -0.4 is 19.1 Å². The zero-order chi connectivity index (χ0) is 33.8. The van der Waals surface area contributed by atoms with E-state index in [1.54, 1.807) is 30.3 Å². The van der Waals surface area contributed by atoms with Crippen LogP contribution in [0.3, 0.4) is 0 Å². The van der Waals surface area contributed by atoms with E-state index in [9.17, 15) is 22.4 Å². The van der Waals surface area contributed by atoms with Gasteiger partial charge in [-0.05, 0) is 53.9 Å². The van der Waals surface area contributed by atoms with Crippen molar-refractivity contribution in [1.82, 2.24) is 10.2 Å². The van der Waals surface area contributed by atoms with Gasteiger partial charge in [0.2, 0.25) is 11.8 Å². The second-order valence-corrected chi connectivity index (χ2v) is 12.7. The molecule has 0 saturated carbocycles. The topological polar surface area (TPSA) is 105 Å². The molecule has 1 atom stereocenters. The third kappa shape index (κ3) is 9.10. The van der Waals surface area contributed by atoms with Crippen molar-refractivity contribution in [3.05, 3.63) is 120 Å². The SMILES string of the molecule is CCCCNC(=O)[C@@H](Cc1ccccc1)N(Cc1ccc(F)cc1)C(=O)CN(c1cc(OC)ccc1OC)S(=O)(=O)c1ccccc1. The number of halogens is 1. The van der Waals surface area contributed by atoms with Crippen molar-refractivity contribution >= 4 is 27.5 Å². The normalized spacial score (nSPS) is 11.7. The highest BCUT2D eigenvalue weighted by atomic mass is 32.2. The molecule has 4 rings (SSSR count). The largest absolute Gasteiger partial charge is 0.497 e. The Labute approximate surface area is 276 Å². The van der Waals surface area contributed by atoms with Crippen LogP contribution in [0, 0.1) is 5.82 Å². The molecule has 0 radical (unpaired) electrons. The summed E-state index contributed by atoms with van der Waals surface area (Å²) in [5.41, 5.74) is 1.46. The van der Waals surface area contributed by atoms with Crippen molar-refractivity contribution in [3.8, 4) is 11.5 Å². The molecule has 0 aliphatic carbocycles. The molecular formula is C36H40FN3O6S. The number of nitrogens with zero attached hydrogens (tertiary/aromatic N) is 2. The van der Waals surface area contributed by atoms with Crippen LogP contribution in [0.25, 0.3) is 0 Å². The number of amides is 2. The minimum atomic E-state index is -4.34. The number of rotatable bonds is 16. The average Bonchev–Trinajstić information content (AvgIpc) is 3.10. The van der Waals surface area contributed by atoms with Crippen LogP contribution in [0.5, 0.6) is 11.5 Å². The Bertz CT molecular complexity index is 1720. The van der Waals surface area contributed by atoms with E-state index in [4.69, 9.17) is 9.47 Å². The van der Waals surface area contributed by atoms with Gasteiger partial charge >= 0.3 is 0 Å². The molecule has 47 heavy (non-hydrogen) atoms. The first-order valence-electron chi connectivity index (χ1n) is 15.3. The maximum absolute atomic E-state index is 14.6. The van der Waals surface area contributed by atoms with E-state index in [1.807, 2.05) is 37.3 Å². The number of methoxy groups -OCH3 is 2. The lowest BCUT2D eigenvalue weighted by Crippen LogP contribution is -2.53. The van der Waals surface area contributed by atoms with Gasteiger partial charge in [0.05, 0.1) is 24.8 Å². The van der Waals surface area contributed by atoms with Gasteiger partial charge in [-0.2, -0.15) is 0 Å². The van der Waals surface area contributed by atoms with Gasteiger partial charge in [0.25, 0.3) is 10.0 Å². The molecule has 0 spiro atoms. The van der Waals surface area contributed by atoms with Gasteiger partial charge in [-0.1, -0.05) is 74.0 Å². The molecular weight excluding hydrogens is 621 g/mol. The van der Waals surface area contributed by atoms with E-state index in [0.29, 0.717) is 17.9 Å². The van der Waals surface area contributed by atoms with Gasteiger partial charge in [-0.25, -0.2) is 12.8 Å². The van der Waals surface area contributed by atoms with Crippen LogP contribution in [-0.4, -0.2) is 58.5 Å². The van der Waals surface area contributed by atoms with Crippen LogP contribution >= 0.6 is 0 Å². The highest BCUT2D eigenvalue weighted by Gasteiger charge is 2.35. The van der Waals surface area contributed by atoms with Crippen LogP contribution in [0.1, 0.15) is 30.9 Å². The Morgan fingerprint density at radius 1 is 0.851 bits per heavy atom. The molecule has 4 aromatic carbocycles. The lowest BCUT2D eigenvalue weighted by molar-refractivity contribution is -0.140. The predicted molar refractivity (Wildman–Crippen MR) is 179 cm³/mol. The number of benzene rings is 4. The van der Waals surface area contributed by atoms with E-state index in [2.05, 4.69) is 5.32 Å². The van der Waals surface area contributed by atoms with Gasteiger partial charge in [0.1, 0.15) is 29.9 Å². The number of unbranched alkanes of at least 4 members (excludes halogenated alkanes) is 1. The molecule has 0 aliphatic heterocycles. The summed E-state index contributed by atoms with van der Waals surface area (Å²) in [6, 6.07) is 26.3. The lowest BCUT2D eigenvalue weighted by Gasteiger charge is -2.34. The summed E-state index contributed by atoms with van der Waals surface area (Å²) in [5.74, 6) is -0.933. The summed E-state index contributed by atoms with van der Waals surface area (Å²) in [4.78, 5) is 29.7. The van der Waals surface area contributed by atoms with Crippen LogP contribution in [-0.2, 0) is 32.6 Å². The average molecular weight is 662 g/mol. The molecule has 248 valence electrons. The van der Waals surface area contributed by atoms with Crippen molar-refractivity contribution < 1.29 is 31.9 Å². The van der Waals surface area contributed by atoms with E-state index in [-0.39, 0.29) is 35.2 Å². The highest BCUT2D eigenvalue weighted by Crippen LogP contribution is 2.36. The summed E-state index contributed by atoms with van der Waals surface area (Å²) < 4.78 is 54.3. The fraction of sp³-hybridized carbons (Fsp3) is 0.278. The number of sulfonamides is 1. The molecule has 0 aromatic heterocycles. The number of hydrogen-bond donors (Lipinski definition) is 1. The van der Waals surface area contributed by atoms with Gasteiger partial charge in [0.15, 0.2) is 0 Å². The Morgan fingerprint density at radius 3 is 2.13 bits per heavy atom. The third-order valence-electron chi connectivity index (χ3n) is 7.63. The molecule has 0 heterocycles. The monoisotopic (exact) mass is 661 g/mol. The lowest BCUT2D eigenvalue weighted by atomic mass is 10.0. The van der Waals surface area contributed by atoms with Gasteiger partial charge < -0.3 is 19.7 Å². The van der Waals surface area contributed by atoms with Crippen LogP contribution in [0.4, 0.5) is 10.1 Å². The molecule has 11 heteroatoms. The van der Waals surface area contributed by atoms with E-state index in [0.717, 1.165) is 22.7 Å². The summed E-state index contributed by atoms with van der Waals surface area (Å²) in [6.07, 6.45) is 1.77. The van der Waals surface area contributed by atoms with Crippen LogP contribution in [0.15, 0.2) is 108 Å². The van der Waals surface area contributed by atoms with Crippen LogP contribution in [0.2, 0.25) is 0 Å². The number of carbonyl (C=O) groups is 2. The third-order valence-corrected chi connectivity index (χ3v) is 9.41. The first-order chi connectivity index (χ1) is 22.7. The maximum Gasteiger partial charge on any atom is 0.264 e. The molecule has 0 fully saturated rings. The fourth-order valence-electron chi connectivity index (χ4n) is 5.07. The maximum atomic E-state index is 14.6. The first-order valence-corrected chi connectivity index (χ1v) is 16.8. The van der Waals surface area contributed by atoms with E-state index in [1.165, 1.54) is 61.6 Å². The smallest absolute Gasteiger partial charge is 0.264 e. The number of anilines is 1. The van der Waals surface area contributed by atoms with Crippen molar-refractivity contribution in [3.63, 3.8) is 0 Å². The summed E-state index contributed by atoms with van der Waals surface area (Å²) >= 11 is 0. The van der Waals surface area contributed by atoms with E-state index < -0.39 is 34.3 Å². The molecule has 0 bridgehead atoms. The highest BCUT2D eigenvalue weighted by molar-refractivity contribution is 7.92. The van der Waals surface area contributed by atoms with Gasteiger partial charge in [-0.3, -0.25) is 13.9 Å². The molecule has 2 amide bonds. The second-order valence-electron chi connectivity index (χ2n) is 10.9. The minimum Gasteiger partial charge on any atom is -0.497 e. The first kappa shape index (κ1) is 35.0. The number of ether oxygens (including phenoxy) is 2. The fourth-order valence-corrected chi connectivity index (χ4v) is 6.51. The van der Waals surface area contributed by atoms with Gasteiger partial charge in [0, 0.05) is 25.6 Å². The van der Waals surface area contributed by atoms with E-state index >= 15 is 0 Å². The number of hydrogen-bond acceptors (Lipinski definition) is 6. The Morgan fingerprint density at radius 2 is 1.51 bits per heavy atom. The second kappa shape index (κ2) is 16.6. The molecule has 4 aromatic rings. The predicted octanol–water partition coefficient (Wildman–Crippen LogP) is 5.59. The molecule has 0 aliphatic rings.